The summed E-state index contributed by atoms with van der Waals surface area (Å²) in [6.07, 6.45) is -0.482. The Labute approximate surface area is 108 Å². The Morgan fingerprint density at radius 1 is 1.32 bits per heavy atom. The average Bonchev–Trinajstić information content (AvgIpc) is 2.86. The zero-order valence-electron chi connectivity index (χ0n) is 10.1. The minimum absolute atomic E-state index is 0.0463. The molecule has 1 amide bonds. The number of para-hydroxylation sites is 2. The molecule has 0 unspecified atom stereocenters. The number of carbonyl (C=O) groups excluding carboxylic acids is 1. The van der Waals surface area contributed by atoms with Crippen molar-refractivity contribution in [3.63, 3.8) is 0 Å². The highest BCUT2D eigenvalue weighted by Crippen LogP contribution is 2.35. The molecule has 0 saturated heterocycles. The first kappa shape index (κ1) is 11.5. The zero-order chi connectivity index (χ0) is 13.2. The summed E-state index contributed by atoms with van der Waals surface area (Å²) in [5.74, 6) is 1.29. The number of ether oxygens (including phenoxy) is 2. The topological polar surface area (TPSA) is 86.5 Å². The fourth-order valence-corrected chi connectivity index (χ4v) is 1.71. The van der Waals surface area contributed by atoms with Crippen molar-refractivity contribution < 1.29 is 18.7 Å². The van der Waals surface area contributed by atoms with Crippen molar-refractivity contribution in [1.82, 2.24) is 10.2 Å². The van der Waals surface area contributed by atoms with E-state index < -0.39 is 6.10 Å². The summed E-state index contributed by atoms with van der Waals surface area (Å²) in [4.78, 5) is 10.9. The molecule has 0 spiro atoms. The number of rotatable bonds is 2. The summed E-state index contributed by atoms with van der Waals surface area (Å²) in [5.41, 5.74) is 0. The third-order valence-corrected chi connectivity index (χ3v) is 2.51. The predicted molar refractivity (Wildman–Crippen MR) is 63.9 cm³/mol. The molecule has 0 saturated carbocycles. The molecule has 7 heteroatoms. The maximum absolute atomic E-state index is 10.9. The fourth-order valence-electron chi connectivity index (χ4n) is 1.71. The molecule has 7 nitrogen and oxygen atoms in total. The summed E-state index contributed by atoms with van der Waals surface area (Å²) < 4.78 is 16.5. The molecule has 0 radical (unpaired) electrons. The molecule has 0 fully saturated rings. The monoisotopic (exact) mass is 261 g/mol. The summed E-state index contributed by atoms with van der Waals surface area (Å²) in [5, 5.41) is 9.94. The van der Waals surface area contributed by atoms with Crippen LogP contribution in [0.3, 0.4) is 0 Å². The molecular weight excluding hydrogens is 250 g/mol. The van der Waals surface area contributed by atoms with Crippen molar-refractivity contribution in [2.24, 2.45) is 0 Å². The van der Waals surface area contributed by atoms with Crippen molar-refractivity contribution in [2.75, 3.05) is 11.9 Å². The van der Waals surface area contributed by atoms with Gasteiger partial charge in [-0.2, -0.15) is 0 Å². The lowest BCUT2D eigenvalue weighted by atomic mass is 10.2. The van der Waals surface area contributed by atoms with Gasteiger partial charge in [-0.25, -0.2) is 0 Å². The van der Waals surface area contributed by atoms with Crippen LogP contribution in [-0.2, 0) is 4.79 Å². The summed E-state index contributed by atoms with van der Waals surface area (Å²) >= 11 is 0. The molecule has 2 aromatic rings. The van der Waals surface area contributed by atoms with Crippen LogP contribution in [0, 0.1) is 0 Å². The number of anilines is 1. The van der Waals surface area contributed by atoms with Crippen LogP contribution in [0.5, 0.6) is 11.5 Å². The van der Waals surface area contributed by atoms with Crippen molar-refractivity contribution in [3.8, 4) is 11.5 Å². The van der Waals surface area contributed by atoms with E-state index in [0.717, 1.165) is 0 Å². The first-order chi connectivity index (χ1) is 9.22. The van der Waals surface area contributed by atoms with Crippen LogP contribution < -0.4 is 14.8 Å². The van der Waals surface area contributed by atoms with Gasteiger partial charge in [-0.3, -0.25) is 10.1 Å². The molecule has 2 heterocycles. The van der Waals surface area contributed by atoms with E-state index in [4.69, 9.17) is 13.9 Å². The van der Waals surface area contributed by atoms with Gasteiger partial charge in [-0.15, -0.1) is 5.10 Å². The van der Waals surface area contributed by atoms with Gasteiger partial charge in [-0.1, -0.05) is 17.2 Å². The molecule has 1 aliphatic rings. The summed E-state index contributed by atoms with van der Waals surface area (Å²) in [6.45, 7) is 1.64. The highest BCUT2D eigenvalue weighted by atomic mass is 16.6. The van der Waals surface area contributed by atoms with Gasteiger partial charge in [0.1, 0.15) is 6.61 Å². The van der Waals surface area contributed by atoms with Crippen LogP contribution in [0.4, 0.5) is 6.01 Å². The number of hydrogen-bond donors (Lipinski definition) is 1. The average molecular weight is 261 g/mol. The van der Waals surface area contributed by atoms with Crippen molar-refractivity contribution in [3.05, 3.63) is 30.2 Å². The predicted octanol–water partition coefficient (Wildman–Crippen LogP) is 1.54. The maximum atomic E-state index is 10.9. The number of amides is 1. The molecule has 1 N–H and O–H groups in total. The number of benzene rings is 1. The van der Waals surface area contributed by atoms with Crippen LogP contribution >= 0.6 is 0 Å². The highest BCUT2D eigenvalue weighted by Gasteiger charge is 2.27. The zero-order valence-corrected chi connectivity index (χ0v) is 10.1. The Balaban J connectivity index is 1.77. The van der Waals surface area contributed by atoms with Gasteiger partial charge in [0, 0.05) is 6.92 Å². The lowest BCUT2D eigenvalue weighted by Crippen LogP contribution is -2.21. The Kier molecular flexibility index (Phi) is 2.79. The van der Waals surface area contributed by atoms with Gasteiger partial charge in [-0.05, 0) is 12.1 Å². The molecule has 3 rings (SSSR count). The number of carbonyl (C=O) groups is 1. The van der Waals surface area contributed by atoms with Gasteiger partial charge in [0.05, 0.1) is 0 Å². The third-order valence-electron chi connectivity index (χ3n) is 2.51. The molecular formula is C12H11N3O4. The van der Waals surface area contributed by atoms with Gasteiger partial charge >= 0.3 is 6.01 Å². The second kappa shape index (κ2) is 4.60. The minimum atomic E-state index is -0.482. The first-order valence-electron chi connectivity index (χ1n) is 5.72. The number of nitrogens with one attached hydrogen (secondary N) is 1. The van der Waals surface area contributed by atoms with Gasteiger partial charge in [0.2, 0.25) is 12.0 Å². The minimum Gasteiger partial charge on any atom is -0.485 e. The van der Waals surface area contributed by atoms with Crippen LogP contribution in [0.2, 0.25) is 0 Å². The summed E-state index contributed by atoms with van der Waals surface area (Å²) in [6, 6.07) is 7.38. The van der Waals surface area contributed by atoms with E-state index in [1.165, 1.54) is 6.92 Å². The standard InChI is InChI=1S/C12H11N3O4/c1-7(16)13-12-15-14-11(19-12)10-6-17-8-4-2-3-5-9(8)18-10/h2-5,10H,6H2,1H3,(H,13,15,16)/t10-/m0/s1. The number of fused-ring (bicyclic) bond motifs is 1. The van der Waals surface area contributed by atoms with E-state index in [-0.39, 0.29) is 24.4 Å². The fraction of sp³-hybridized carbons (Fsp3) is 0.250. The summed E-state index contributed by atoms with van der Waals surface area (Å²) in [7, 11) is 0. The molecule has 1 aromatic carbocycles. The number of aromatic nitrogens is 2. The van der Waals surface area contributed by atoms with Crippen LogP contribution in [-0.4, -0.2) is 22.7 Å². The molecule has 1 aliphatic heterocycles. The normalized spacial score (nSPS) is 17.0. The van der Waals surface area contributed by atoms with E-state index >= 15 is 0 Å². The second-order valence-corrected chi connectivity index (χ2v) is 3.99. The molecule has 1 atom stereocenters. The van der Waals surface area contributed by atoms with Gasteiger partial charge in [0.15, 0.2) is 11.5 Å². The van der Waals surface area contributed by atoms with E-state index in [9.17, 15) is 4.79 Å². The molecule has 19 heavy (non-hydrogen) atoms. The Morgan fingerprint density at radius 3 is 2.89 bits per heavy atom. The SMILES string of the molecule is CC(=O)Nc1nnc([C@@H]2COc3ccccc3O2)o1. The van der Waals surface area contributed by atoms with Gasteiger partial charge < -0.3 is 13.9 Å². The third kappa shape index (κ3) is 2.35. The van der Waals surface area contributed by atoms with Gasteiger partial charge in [0.25, 0.3) is 5.89 Å². The smallest absolute Gasteiger partial charge is 0.322 e. The first-order valence-corrected chi connectivity index (χ1v) is 5.72. The lowest BCUT2D eigenvalue weighted by molar-refractivity contribution is -0.114. The lowest BCUT2D eigenvalue weighted by Gasteiger charge is -2.23. The quantitative estimate of drug-likeness (QED) is 0.882. The molecule has 1 aromatic heterocycles. The Hall–Kier alpha value is -2.57. The second-order valence-electron chi connectivity index (χ2n) is 3.99. The maximum Gasteiger partial charge on any atom is 0.322 e. The van der Waals surface area contributed by atoms with Crippen LogP contribution in [0.15, 0.2) is 28.7 Å². The van der Waals surface area contributed by atoms with Crippen molar-refractivity contribution >= 4 is 11.9 Å². The number of nitrogens with zero attached hydrogens (tertiary/aromatic N) is 2. The molecule has 0 aliphatic carbocycles. The van der Waals surface area contributed by atoms with E-state index in [2.05, 4.69) is 15.5 Å². The van der Waals surface area contributed by atoms with Crippen LogP contribution in [0.25, 0.3) is 0 Å². The largest absolute Gasteiger partial charge is 0.485 e. The van der Waals surface area contributed by atoms with E-state index in [1.807, 2.05) is 18.2 Å². The van der Waals surface area contributed by atoms with Crippen molar-refractivity contribution in [1.29, 1.82) is 0 Å². The molecule has 98 valence electrons. The van der Waals surface area contributed by atoms with E-state index in [1.54, 1.807) is 6.07 Å². The van der Waals surface area contributed by atoms with Crippen molar-refractivity contribution in [2.45, 2.75) is 13.0 Å². The Bertz CT molecular complexity index is 611. The number of hydrogen-bond acceptors (Lipinski definition) is 6. The molecule has 0 bridgehead atoms. The highest BCUT2D eigenvalue weighted by molar-refractivity contribution is 5.86. The van der Waals surface area contributed by atoms with Crippen LogP contribution in [0.1, 0.15) is 18.9 Å². The van der Waals surface area contributed by atoms with E-state index in [0.29, 0.717) is 11.5 Å². The Morgan fingerprint density at radius 2 is 2.11 bits per heavy atom.